The number of nitrogens with one attached hydrogen (secondary N) is 1. The molecule has 0 saturated heterocycles. The van der Waals surface area contributed by atoms with Gasteiger partial charge in [0.05, 0.1) is 25.3 Å². The number of halogens is 1. The molecule has 9 heteroatoms. The zero-order chi connectivity index (χ0) is 16.8. The molecule has 1 aromatic carbocycles. The van der Waals surface area contributed by atoms with Crippen LogP contribution in [-0.4, -0.2) is 29.7 Å². The average Bonchev–Trinajstić information content (AvgIpc) is 2.53. The number of benzene rings is 1. The van der Waals surface area contributed by atoms with Crippen molar-refractivity contribution in [1.29, 1.82) is 0 Å². The molecule has 120 valence electrons. The summed E-state index contributed by atoms with van der Waals surface area (Å²) in [4.78, 5) is 26.7. The summed E-state index contributed by atoms with van der Waals surface area (Å²) in [5.74, 6) is -0.757. The van der Waals surface area contributed by atoms with Crippen LogP contribution >= 0.6 is 23.4 Å². The van der Waals surface area contributed by atoms with Crippen LogP contribution in [0.1, 0.15) is 10.4 Å². The van der Waals surface area contributed by atoms with Gasteiger partial charge in [-0.2, -0.15) is 0 Å². The second-order valence-electron chi connectivity index (χ2n) is 4.34. The summed E-state index contributed by atoms with van der Waals surface area (Å²) in [6.07, 6.45) is 1.31. The van der Waals surface area contributed by atoms with Gasteiger partial charge in [0, 0.05) is 16.8 Å². The molecule has 0 unspecified atom stereocenters. The molecule has 0 amide bonds. The van der Waals surface area contributed by atoms with E-state index in [0.29, 0.717) is 16.5 Å². The van der Waals surface area contributed by atoms with Crippen molar-refractivity contribution in [2.45, 2.75) is 5.03 Å². The van der Waals surface area contributed by atoms with Crippen LogP contribution in [0.2, 0.25) is 5.02 Å². The third-order valence-electron chi connectivity index (χ3n) is 2.77. The second kappa shape index (κ2) is 10.4. The third-order valence-corrected chi connectivity index (χ3v) is 3.81. The zero-order valence-electron chi connectivity index (χ0n) is 13.0. The predicted octanol–water partition coefficient (Wildman–Crippen LogP) is -1.16. The molecule has 0 aliphatic rings. The Labute approximate surface area is 190 Å². The Hall–Kier alpha value is -0.614. The van der Waals surface area contributed by atoms with Crippen molar-refractivity contribution in [2.75, 3.05) is 19.0 Å². The summed E-state index contributed by atoms with van der Waals surface area (Å²) in [7, 11) is 1.51. The van der Waals surface area contributed by atoms with Crippen LogP contribution in [0.5, 0.6) is 5.75 Å². The minimum absolute atomic E-state index is 0. The van der Waals surface area contributed by atoms with Gasteiger partial charge in [-0.3, -0.25) is 4.79 Å². The summed E-state index contributed by atoms with van der Waals surface area (Å²) < 4.78 is 5.17. The minimum atomic E-state index is -1.32. The minimum Gasteiger partial charge on any atom is -0.545 e. The molecule has 0 spiro atoms. The Morgan fingerprint density at radius 2 is 2.08 bits per heavy atom. The van der Waals surface area contributed by atoms with E-state index in [2.05, 4.69) is 10.3 Å². The largest absolute Gasteiger partial charge is 1.00 e. The molecule has 0 fully saturated rings. The first-order chi connectivity index (χ1) is 11.0. The van der Waals surface area contributed by atoms with Crippen molar-refractivity contribution in [2.24, 2.45) is 0 Å². The van der Waals surface area contributed by atoms with Gasteiger partial charge in [0.15, 0.2) is 0 Å². The fraction of sp³-hybridized carbons (Fsp3) is 0.133. The number of thioether (sulfide) groups is 1. The number of aromatic carboxylic acids is 1. The first-order valence-electron chi connectivity index (χ1n) is 6.45. The van der Waals surface area contributed by atoms with E-state index in [0.717, 1.165) is 11.8 Å². The molecule has 0 radical (unpaired) electrons. The van der Waals surface area contributed by atoms with Crippen molar-refractivity contribution in [3.05, 3.63) is 47.1 Å². The number of carboxylic acid groups (broad SMARTS) is 1. The number of pyridine rings is 1. The number of hydrogen-bond donors (Lipinski definition) is 1. The Bertz CT molecular complexity index is 745. The fourth-order valence-corrected chi connectivity index (χ4v) is 2.58. The maximum Gasteiger partial charge on any atom is 1.00 e. The van der Waals surface area contributed by atoms with E-state index < -0.39 is 5.97 Å². The van der Waals surface area contributed by atoms with E-state index in [9.17, 15) is 14.7 Å². The number of hydrogen-bond acceptors (Lipinski definition) is 7. The Balaban J connectivity index is 0.00000288. The molecule has 2 rings (SSSR count). The van der Waals surface area contributed by atoms with Gasteiger partial charge in [0.2, 0.25) is 5.12 Å². The Morgan fingerprint density at radius 1 is 1.33 bits per heavy atom. The molecule has 1 heterocycles. The number of rotatable bonds is 6. The number of aromatic nitrogens is 1. The van der Waals surface area contributed by atoms with E-state index >= 15 is 0 Å². The number of anilines is 1. The maximum absolute atomic E-state index is 12.0. The summed E-state index contributed by atoms with van der Waals surface area (Å²) in [5.41, 5.74) is 0.560. The van der Waals surface area contributed by atoms with Gasteiger partial charge >= 0.3 is 51.4 Å². The van der Waals surface area contributed by atoms with E-state index in [4.69, 9.17) is 16.3 Å². The topological polar surface area (TPSA) is 91.3 Å². The molecular formula is C15H12ClKN2O4S. The number of carbonyl (C=O) groups is 2. The maximum atomic E-state index is 12.0. The smallest absolute Gasteiger partial charge is 0.545 e. The second-order valence-corrected chi connectivity index (χ2v) is 5.86. The van der Waals surface area contributed by atoms with Gasteiger partial charge in [-0.05, 0) is 42.1 Å². The first kappa shape index (κ1) is 21.4. The van der Waals surface area contributed by atoms with Crippen molar-refractivity contribution >= 4 is 40.1 Å². The molecule has 0 saturated carbocycles. The summed E-state index contributed by atoms with van der Waals surface area (Å²) in [6, 6.07) is 7.61. The molecule has 24 heavy (non-hydrogen) atoms. The van der Waals surface area contributed by atoms with Gasteiger partial charge in [-0.1, -0.05) is 11.6 Å². The molecule has 0 aliphatic heterocycles. The molecule has 0 bridgehead atoms. The van der Waals surface area contributed by atoms with E-state index in [1.807, 2.05) is 0 Å². The fourth-order valence-electron chi connectivity index (χ4n) is 1.73. The standard InChI is InChI=1S/C15H13ClN2O4S.K/c1-22-12-3-2-10(16)7-11(12)18-8-14(19)23-13-6-9(15(20)21)4-5-17-13;/h2-7,18H,8H2,1H3,(H,20,21);/q;+1/p-1. The van der Waals surface area contributed by atoms with Crippen LogP contribution in [0, 0.1) is 0 Å². The molecule has 2 aromatic rings. The molecule has 1 aromatic heterocycles. The van der Waals surface area contributed by atoms with E-state index in [-0.39, 0.29) is 73.6 Å². The van der Waals surface area contributed by atoms with Crippen molar-refractivity contribution in [3.8, 4) is 5.75 Å². The van der Waals surface area contributed by atoms with Gasteiger partial charge in [-0.15, -0.1) is 0 Å². The summed E-state index contributed by atoms with van der Waals surface area (Å²) in [5, 5.41) is 14.3. The molecular weight excluding hydrogens is 379 g/mol. The summed E-state index contributed by atoms with van der Waals surface area (Å²) in [6.45, 7) is -0.00139. The number of carboxylic acids is 1. The summed E-state index contributed by atoms with van der Waals surface area (Å²) >= 11 is 6.74. The first-order valence-corrected chi connectivity index (χ1v) is 7.64. The van der Waals surface area contributed by atoms with Crippen LogP contribution in [0.4, 0.5) is 5.69 Å². The van der Waals surface area contributed by atoms with Crippen LogP contribution in [0.15, 0.2) is 41.6 Å². The molecule has 1 N–H and O–H groups in total. The molecule has 0 aliphatic carbocycles. The van der Waals surface area contributed by atoms with Crippen molar-refractivity contribution in [3.63, 3.8) is 0 Å². The van der Waals surface area contributed by atoms with E-state index in [1.54, 1.807) is 18.2 Å². The van der Waals surface area contributed by atoms with Gasteiger partial charge < -0.3 is 20.0 Å². The van der Waals surface area contributed by atoms with Gasteiger partial charge in [-0.25, -0.2) is 4.98 Å². The molecule has 6 nitrogen and oxygen atoms in total. The zero-order valence-corrected chi connectivity index (χ0v) is 17.7. The average molecular weight is 391 g/mol. The van der Waals surface area contributed by atoms with Crippen LogP contribution in [0.3, 0.4) is 0 Å². The van der Waals surface area contributed by atoms with Crippen LogP contribution in [-0.2, 0) is 4.79 Å². The quantitative estimate of drug-likeness (QED) is 0.491. The number of nitrogens with zero attached hydrogens (tertiary/aromatic N) is 1. The number of ether oxygens (including phenoxy) is 1. The SMILES string of the molecule is COc1ccc(Cl)cc1NCC(=O)Sc1cc(C(=O)[O-])ccn1.[K+]. The van der Waals surface area contributed by atoms with Gasteiger partial charge in [0.1, 0.15) is 10.8 Å². The molecule has 0 atom stereocenters. The van der Waals surface area contributed by atoms with Crippen LogP contribution < -0.4 is 66.5 Å². The Morgan fingerprint density at radius 3 is 2.75 bits per heavy atom. The number of carbonyl (C=O) groups excluding carboxylic acids is 2. The third kappa shape index (κ3) is 6.36. The number of methoxy groups -OCH3 is 1. The van der Waals surface area contributed by atoms with Crippen molar-refractivity contribution in [1.82, 2.24) is 4.98 Å². The van der Waals surface area contributed by atoms with Crippen LogP contribution in [0.25, 0.3) is 0 Å². The monoisotopic (exact) mass is 390 g/mol. The van der Waals surface area contributed by atoms with E-state index in [1.165, 1.54) is 25.4 Å². The Kier molecular flexibility index (Phi) is 9.28. The van der Waals surface area contributed by atoms with Gasteiger partial charge in [0.25, 0.3) is 0 Å². The predicted molar refractivity (Wildman–Crippen MR) is 85.9 cm³/mol. The normalized spacial score (nSPS) is 9.75. The van der Waals surface area contributed by atoms with Crippen molar-refractivity contribution < 1.29 is 70.8 Å².